The average molecular weight is 439 g/mol. The van der Waals surface area contributed by atoms with Gasteiger partial charge in [-0.1, -0.05) is 26.0 Å². The number of carbonyl (C=O) groups is 2. The molecule has 166 valence electrons. The molecule has 1 heterocycles. The number of esters is 1. The zero-order valence-electron chi connectivity index (χ0n) is 17.9. The second kappa shape index (κ2) is 10.7. The number of hydrogen-bond donors (Lipinski definition) is 0. The first-order valence-electron chi connectivity index (χ1n) is 10.1. The van der Waals surface area contributed by atoms with Crippen molar-refractivity contribution in [3.8, 4) is 0 Å². The van der Waals surface area contributed by atoms with Gasteiger partial charge in [-0.25, -0.2) is 13.2 Å². The highest BCUT2D eigenvalue weighted by Gasteiger charge is 2.26. The summed E-state index contributed by atoms with van der Waals surface area (Å²) in [5.74, 6) is -0.901. The molecule has 0 spiro atoms. The van der Waals surface area contributed by atoms with E-state index < -0.39 is 16.0 Å². The number of ether oxygens (including phenoxy) is 2. The van der Waals surface area contributed by atoms with Crippen LogP contribution in [0.25, 0.3) is 6.08 Å². The molecule has 2 unspecified atom stereocenters. The molecule has 8 nitrogen and oxygen atoms in total. The van der Waals surface area contributed by atoms with Crippen LogP contribution in [0.2, 0.25) is 0 Å². The zero-order chi connectivity index (χ0) is 22.3. The predicted molar refractivity (Wildman–Crippen MR) is 113 cm³/mol. The Morgan fingerprint density at radius 3 is 2.23 bits per heavy atom. The smallest absolute Gasteiger partial charge is 0.331 e. The maximum atomic E-state index is 12.5. The van der Waals surface area contributed by atoms with Crippen LogP contribution in [0.1, 0.15) is 33.3 Å². The summed E-state index contributed by atoms with van der Waals surface area (Å²) < 4.78 is 37.0. The molecule has 1 amide bonds. The SMILES string of the molecule is CCN(CC)S(=O)(=O)c1ccc(/C=C/C(=O)OCC(=O)N2CC(C)OC(C)C2)cc1. The van der Waals surface area contributed by atoms with Gasteiger partial charge in [0.05, 0.1) is 17.1 Å². The largest absolute Gasteiger partial charge is 0.452 e. The van der Waals surface area contributed by atoms with Gasteiger partial charge in [0, 0.05) is 32.3 Å². The molecule has 0 aromatic heterocycles. The van der Waals surface area contributed by atoms with Crippen LogP contribution in [0, 0.1) is 0 Å². The van der Waals surface area contributed by atoms with E-state index in [0.29, 0.717) is 31.7 Å². The highest BCUT2D eigenvalue weighted by molar-refractivity contribution is 7.89. The van der Waals surface area contributed by atoms with Crippen molar-refractivity contribution in [2.45, 2.75) is 44.8 Å². The Hall–Kier alpha value is -2.23. The predicted octanol–water partition coefficient (Wildman–Crippen LogP) is 1.91. The van der Waals surface area contributed by atoms with E-state index in [-0.39, 0.29) is 29.6 Å². The van der Waals surface area contributed by atoms with Gasteiger partial charge >= 0.3 is 5.97 Å². The summed E-state index contributed by atoms with van der Waals surface area (Å²) in [5.41, 5.74) is 0.646. The molecule has 2 rings (SSSR count). The van der Waals surface area contributed by atoms with Gasteiger partial charge in [0.25, 0.3) is 5.91 Å². The first-order valence-corrected chi connectivity index (χ1v) is 11.5. The van der Waals surface area contributed by atoms with Gasteiger partial charge in [-0.2, -0.15) is 4.31 Å². The summed E-state index contributed by atoms with van der Waals surface area (Å²) in [6, 6.07) is 6.23. The van der Waals surface area contributed by atoms with Crippen LogP contribution in [-0.2, 0) is 29.1 Å². The van der Waals surface area contributed by atoms with Crippen LogP contribution < -0.4 is 0 Å². The molecule has 0 N–H and O–H groups in total. The molecule has 2 atom stereocenters. The van der Waals surface area contributed by atoms with E-state index in [1.807, 2.05) is 13.8 Å². The van der Waals surface area contributed by atoms with Crippen molar-refractivity contribution < 1.29 is 27.5 Å². The first-order chi connectivity index (χ1) is 14.2. The number of morpholine rings is 1. The van der Waals surface area contributed by atoms with Gasteiger partial charge in [0.1, 0.15) is 0 Å². The molecule has 0 saturated carbocycles. The van der Waals surface area contributed by atoms with Crippen LogP contribution in [0.3, 0.4) is 0 Å². The van der Waals surface area contributed by atoms with Crippen molar-refractivity contribution in [2.24, 2.45) is 0 Å². The second-order valence-corrected chi connectivity index (χ2v) is 9.09. The third-order valence-corrected chi connectivity index (χ3v) is 6.81. The lowest BCUT2D eigenvalue weighted by Crippen LogP contribution is -2.49. The van der Waals surface area contributed by atoms with Crippen LogP contribution in [0.4, 0.5) is 0 Å². The van der Waals surface area contributed by atoms with Crippen molar-refractivity contribution in [3.05, 3.63) is 35.9 Å². The number of sulfonamides is 1. The molecule has 1 aliphatic rings. The Bertz CT molecular complexity index is 852. The molecule has 0 aliphatic carbocycles. The van der Waals surface area contributed by atoms with E-state index in [2.05, 4.69) is 0 Å². The average Bonchev–Trinajstić information content (AvgIpc) is 2.70. The van der Waals surface area contributed by atoms with Gasteiger partial charge in [0.15, 0.2) is 6.61 Å². The Morgan fingerprint density at radius 2 is 1.70 bits per heavy atom. The molecule has 1 aromatic rings. The van der Waals surface area contributed by atoms with Crippen molar-refractivity contribution in [3.63, 3.8) is 0 Å². The fraction of sp³-hybridized carbons (Fsp3) is 0.524. The van der Waals surface area contributed by atoms with Crippen molar-refractivity contribution in [1.29, 1.82) is 0 Å². The number of hydrogen-bond acceptors (Lipinski definition) is 6. The summed E-state index contributed by atoms with van der Waals surface area (Å²) >= 11 is 0. The third kappa shape index (κ3) is 6.38. The number of nitrogens with zero attached hydrogens (tertiary/aromatic N) is 2. The Kier molecular flexibility index (Phi) is 8.57. The summed E-state index contributed by atoms with van der Waals surface area (Å²) in [6.07, 6.45) is 2.62. The summed E-state index contributed by atoms with van der Waals surface area (Å²) in [4.78, 5) is 26.0. The van der Waals surface area contributed by atoms with E-state index in [1.165, 1.54) is 28.6 Å². The molecule has 0 bridgehead atoms. The number of amides is 1. The second-order valence-electron chi connectivity index (χ2n) is 7.16. The van der Waals surface area contributed by atoms with Gasteiger partial charge < -0.3 is 14.4 Å². The van der Waals surface area contributed by atoms with E-state index >= 15 is 0 Å². The van der Waals surface area contributed by atoms with E-state index in [0.717, 1.165) is 0 Å². The number of benzene rings is 1. The van der Waals surface area contributed by atoms with Crippen molar-refractivity contribution >= 4 is 28.0 Å². The van der Waals surface area contributed by atoms with Crippen LogP contribution in [0.15, 0.2) is 35.2 Å². The van der Waals surface area contributed by atoms with Crippen LogP contribution >= 0.6 is 0 Å². The van der Waals surface area contributed by atoms with Gasteiger partial charge in [-0.05, 0) is 37.6 Å². The minimum absolute atomic E-state index is 0.0539. The molecule has 1 fully saturated rings. The maximum absolute atomic E-state index is 12.5. The molecule has 9 heteroatoms. The third-order valence-electron chi connectivity index (χ3n) is 4.75. The fourth-order valence-electron chi connectivity index (χ4n) is 3.28. The highest BCUT2D eigenvalue weighted by atomic mass is 32.2. The monoisotopic (exact) mass is 438 g/mol. The first kappa shape index (κ1) is 24.0. The van der Waals surface area contributed by atoms with E-state index in [4.69, 9.17) is 9.47 Å². The van der Waals surface area contributed by atoms with Crippen LogP contribution in [0.5, 0.6) is 0 Å². The molecule has 30 heavy (non-hydrogen) atoms. The topological polar surface area (TPSA) is 93.2 Å². The Labute approximate surface area is 178 Å². The maximum Gasteiger partial charge on any atom is 0.331 e. The zero-order valence-corrected chi connectivity index (χ0v) is 18.7. The lowest BCUT2D eigenvalue weighted by Gasteiger charge is -2.35. The van der Waals surface area contributed by atoms with Crippen LogP contribution in [-0.4, -0.2) is 74.5 Å². The minimum Gasteiger partial charge on any atom is -0.452 e. The normalized spacial score (nSPS) is 20.0. The molecular weight excluding hydrogens is 408 g/mol. The minimum atomic E-state index is -3.52. The molecule has 0 radical (unpaired) electrons. The van der Waals surface area contributed by atoms with Crippen molar-refractivity contribution in [2.75, 3.05) is 32.8 Å². The lowest BCUT2D eigenvalue weighted by atomic mass is 10.2. The Balaban J connectivity index is 1.90. The summed E-state index contributed by atoms with van der Waals surface area (Å²) in [7, 11) is -3.52. The van der Waals surface area contributed by atoms with Gasteiger partial charge in [0.2, 0.25) is 10.0 Å². The van der Waals surface area contributed by atoms with E-state index in [1.54, 1.807) is 30.9 Å². The van der Waals surface area contributed by atoms with Gasteiger partial charge in [-0.15, -0.1) is 0 Å². The fourth-order valence-corrected chi connectivity index (χ4v) is 4.74. The number of rotatable bonds is 8. The molecule has 1 aliphatic heterocycles. The summed E-state index contributed by atoms with van der Waals surface area (Å²) in [5, 5.41) is 0. The highest BCUT2D eigenvalue weighted by Crippen LogP contribution is 2.17. The van der Waals surface area contributed by atoms with E-state index in [9.17, 15) is 18.0 Å². The Morgan fingerprint density at radius 1 is 1.13 bits per heavy atom. The van der Waals surface area contributed by atoms with Crippen molar-refractivity contribution in [1.82, 2.24) is 9.21 Å². The molecular formula is C21H30N2O6S. The standard InChI is InChI=1S/C21H30N2O6S/c1-5-23(6-2)30(26,27)19-10-7-18(8-11-19)9-12-21(25)28-15-20(24)22-13-16(3)29-17(4)14-22/h7-12,16-17H,5-6,13-15H2,1-4H3/b12-9+. The quantitative estimate of drug-likeness (QED) is 0.455. The van der Waals surface area contributed by atoms with Gasteiger partial charge in [-0.3, -0.25) is 4.79 Å². The molecule has 1 saturated heterocycles. The number of carbonyl (C=O) groups excluding carboxylic acids is 2. The summed E-state index contributed by atoms with van der Waals surface area (Å²) in [6.45, 7) is 8.76. The lowest BCUT2D eigenvalue weighted by molar-refractivity contribution is -0.154. The molecule has 1 aromatic carbocycles.